The Balaban J connectivity index is 1.93. The molecule has 1 aliphatic carbocycles. The van der Waals surface area contributed by atoms with Crippen molar-refractivity contribution in [2.45, 2.75) is 23.7 Å². The van der Waals surface area contributed by atoms with Crippen LogP contribution in [0.2, 0.25) is 5.02 Å². The highest BCUT2D eigenvalue weighted by Crippen LogP contribution is 2.50. The molecule has 1 aromatic carbocycles. The van der Waals surface area contributed by atoms with Crippen molar-refractivity contribution in [3.05, 3.63) is 34.9 Å². The Hall–Kier alpha value is -1.37. The summed E-state index contributed by atoms with van der Waals surface area (Å²) in [7, 11) is 0. The van der Waals surface area contributed by atoms with E-state index in [1.165, 1.54) is 0 Å². The lowest BCUT2D eigenvalue weighted by Crippen LogP contribution is -2.38. The third-order valence-electron chi connectivity index (χ3n) is 3.97. The number of imide groups is 1. The molecule has 2 fully saturated rings. The van der Waals surface area contributed by atoms with Crippen molar-refractivity contribution in [1.29, 1.82) is 0 Å². The van der Waals surface area contributed by atoms with Crippen LogP contribution in [0, 0.1) is 5.92 Å². The standard InChI is InChI=1S/C14H12ClNO4S/c15-8-4-2-1-3-7(8)12(19)21-14-6-5-9(17)10(14)11(18)16-13(14)20/h1-4,9-10,17H,5-6H2,(H,16,18,20)/t9-,10-,14+/m0/s1. The highest BCUT2D eigenvalue weighted by Gasteiger charge is 2.63. The van der Waals surface area contributed by atoms with E-state index in [1.54, 1.807) is 24.3 Å². The number of benzene rings is 1. The summed E-state index contributed by atoms with van der Waals surface area (Å²) in [4.78, 5) is 36.4. The molecule has 1 aliphatic heterocycles. The molecule has 0 aromatic heterocycles. The van der Waals surface area contributed by atoms with Crippen LogP contribution in [0.5, 0.6) is 0 Å². The zero-order valence-corrected chi connectivity index (χ0v) is 12.4. The van der Waals surface area contributed by atoms with Crippen molar-refractivity contribution < 1.29 is 19.5 Å². The van der Waals surface area contributed by atoms with Gasteiger partial charge in [0.2, 0.25) is 16.9 Å². The molecule has 0 radical (unpaired) electrons. The van der Waals surface area contributed by atoms with Crippen molar-refractivity contribution in [1.82, 2.24) is 5.32 Å². The van der Waals surface area contributed by atoms with Crippen LogP contribution in [0.1, 0.15) is 23.2 Å². The molecule has 2 N–H and O–H groups in total. The first-order valence-electron chi connectivity index (χ1n) is 6.47. The summed E-state index contributed by atoms with van der Waals surface area (Å²) in [5.41, 5.74) is 0.297. The molecular weight excluding hydrogens is 314 g/mol. The van der Waals surface area contributed by atoms with E-state index < -0.39 is 28.6 Å². The molecule has 21 heavy (non-hydrogen) atoms. The maximum atomic E-state index is 12.4. The summed E-state index contributed by atoms with van der Waals surface area (Å²) in [6.45, 7) is 0. The van der Waals surface area contributed by atoms with Crippen molar-refractivity contribution >= 4 is 40.3 Å². The fourth-order valence-corrected chi connectivity index (χ4v) is 4.59. The van der Waals surface area contributed by atoms with E-state index in [-0.39, 0.29) is 11.5 Å². The molecule has 0 spiro atoms. The minimum Gasteiger partial charge on any atom is -0.392 e. The van der Waals surface area contributed by atoms with Gasteiger partial charge < -0.3 is 5.11 Å². The molecule has 0 unspecified atom stereocenters. The molecule has 1 saturated carbocycles. The molecule has 2 amide bonds. The molecule has 1 heterocycles. The Bertz CT molecular complexity index is 650. The van der Waals surface area contributed by atoms with E-state index in [0.717, 1.165) is 11.8 Å². The minimum atomic E-state index is -1.22. The fourth-order valence-electron chi connectivity index (χ4n) is 2.94. The van der Waals surface area contributed by atoms with Gasteiger partial charge in [0.15, 0.2) is 0 Å². The number of hydrogen-bond acceptors (Lipinski definition) is 5. The van der Waals surface area contributed by atoms with Gasteiger partial charge >= 0.3 is 0 Å². The normalized spacial score (nSPS) is 31.1. The zero-order chi connectivity index (χ0) is 15.2. The van der Waals surface area contributed by atoms with Crippen LogP contribution in [-0.2, 0) is 9.59 Å². The van der Waals surface area contributed by atoms with E-state index in [4.69, 9.17) is 11.6 Å². The maximum absolute atomic E-state index is 12.4. The maximum Gasteiger partial charge on any atom is 0.244 e. The van der Waals surface area contributed by atoms with Gasteiger partial charge in [-0.25, -0.2) is 0 Å². The van der Waals surface area contributed by atoms with Crippen LogP contribution in [0.25, 0.3) is 0 Å². The number of hydrogen-bond donors (Lipinski definition) is 2. The summed E-state index contributed by atoms with van der Waals surface area (Å²) >= 11 is 6.78. The van der Waals surface area contributed by atoms with Crippen LogP contribution in [0.4, 0.5) is 0 Å². The van der Waals surface area contributed by atoms with E-state index in [2.05, 4.69) is 5.32 Å². The van der Waals surface area contributed by atoms with Gasteiger partial charge in [0.25, 0.3) is 0 Å². The highest BCUT2D eigenvalue weighted by atomic mass is 35.5. The van der Waals surface area contributed by atoms with Crippen LogP contribution in [-0.4, -0.2) is 32.9 Å². The van der Waals surface area contributed by atoms with Crippen molar-refractivity contribution in [2.24, 2.45) is 5.92 Å². The lowest BCUT2D eigenvalue weighted by molar-refractivity contribution is -0.127. The summed E-state index contributed by atoms with van der Waals surface area (Å²) < 4.78 is -1.22. The number of amides is 2. The van der Waals surface area contributed by atoms with E-state index in [1.807, 2.05) is 0 Å². The largest absolute Gasteiger partial charge is 0.392 e. The van der Waals surface area contributed by atoms with Gasteiger partial charge in [0.05, 0.1) is 17.0 Å². The first kappa shape index (κ1) is 14.6. The summed E-state index contributed by atoms with van der Waals surface area (Å²) in [6, 6.07) is 6.55. The molecule has 1 aromatic rings. The average Bonchev–Trinajstić information content (AvgIpc) is 2.88. The molecule has 5 nitrogen and oxygen atoms in total. The zero-order valence-electron chi connectivity index (χ0n) is 10.8. The predicted octanol–water partition coefficient (Wildman–Crippen LogP) is 1.38. The van der Waals surface area contributed by atoms with Gasteiger partial charge in [-0.05, 0) is 25.0 Å². The van der Waals surface area contributed by atoms with Gasteiger partial charge in [-0.3, -0.25) is 19.7 Å². The van der Waals surface area contributed by atoms with Gasteiger partial charge in [0.1, 0.15) is 4.75 Å². The Morgan fingerprint density at radius 1 is 1.38 bits per heavy atom. The van der Waals surface area contributed by atoms with Crippen LogP contribution < -0.4 is 5.32 Å². The summed E-state index contributed by atoms with van der Waals surface area (Å²) in [5, 5.41) is 12.1. The Morgan fingerprint density at radius 3 is 2.81 bits per heavy atom. The second-order valence-corrected chi connectivity index (χ2v) is 6.87. The third-order valence-corrected chi connectivity index (χ3v) is 5.71. The predicted molar refractivity (Wildman–Crippen MR) is 78.0 cm³/mol. The van der Waals surface area contributed by atoms with Crippen molar-refractivity contribution in [2.75, 3.05) is 0 Å². The van der Waals surface area contributed by atoms with Gasteiger partial charge in [0, 0.05) is 5.56 Å². The Kier molecular flexibility index (Phi) is 3.55. The number of carbonyl (C=O) groups is 3. The molecule has 110 valence electrons. The van der Waals surface area contributed by atoms with Crippen molar-refractivity contribution in [3.63, 3.8) is 0 Å². The van der Waals surface area contributed by atoms with Gasteiger partial charge in [-0.15, -0.1) is 0 Å². The Morgan fingerprint density at radius 2 is 2.10 bits per heavy atom. The number of aliphatic hydroxyl groups is 1. The lowest BCUT2D eigenvalue weighted by Gasteiger charge is -2.23. The number of rotatable bonds is 2. The van der Waals surface area contributed by atoms with Crippen molar-refractivity contribution in [3.8, 4) is 0 Å². The number of halogens is 1. The first-order chi connectivity index (χ1) is 9.95. The van der Waals surface area contributed by atoms with E-state index >= 15 is 0 Å². The molecule has 3 atom stereocenters. The second-order valence-electron chi connectivity index (χ2n) is 5.16. The first-order valence-corrected chi connectivity index (χ1v) is 7.66. The Labute approximate surface area is 130 Å². The number of nitrogens with one attached hydrogen (secondary N) is 1. The second kappa shape index (κ2) is 5.12. The molecule has 2 aliphatic rings. The number of thioether (sulfide) groups is 1. The quantitative estimate of drug-likeness (QED) is 0.803. The fraction of sp³-hybridized carbons (Fsp3) is 0.357. The molecule has 3 rings (SSSR count). The van der Waals surface area contributed by atoms with Crippen LogP contribution >= 0.6 is 23.4 Å². The van der Waals surface area contributed by atoms with Gasteiger partial charge in [-0.2, -0.15) is 0 Å². The smallest absolute Gasteiger partial charge is 0.244 e. The third kappa shape index (κ3) is 2.18. The molecule has 1 saturated heterocycles. The summed E-state index contributed by atoms with van der Waals surface area (Å²) in [5.74, 6) is -1.88. The van der Waals surface area contributed by atoms with Crippen LogP contribution in [0.3, 0.4) is 0 Å². The topological polar surface area (TPSA) is 83.5 Å². The van der Waals surface area contributed by atoms with E-state index in [9.17, 15) is 19.5 Å². The number of fused-ring (bicyclic) bond motifs is 1. The number of carbonyl (C=O) groups excluding carboxylic acids is 3. The molecular formula is C14H12ClNO4S. The van der Waals surface area contributed by atoms with Crippen LogP contribution in [0.15, 0.2) is 24.3 Å². The van der Waals surface area contributed by atoms with E-state index in [0.29, 0.717) is 17.0 Å². The monoisotopic (exact) mass is 325 g/mol. The highest BCUT2D eigenvalue weighted by molar-refractivity contribution is 8.16. The average molecular weight is 326 g/mol. The number of aliphatic hydroxyl groups excluding tert-OH is 1. The molecule has 0 bridgehead atoms. The molecule has 7 heteroatoms. The summed E-state index contributed by atoms with van der Waals surface area (Å²) in [6.07, 6.45) is -0.285. The van der Waals surface area contributed by atoms with Gasteiger partial charge in [-0.1, -0.05) is 35.5 Å². The lowest BCUT2D eigenvalue weighted by atomic mass is 9.97. The minimum absolute atomic E-state index is 0.289. The SMILES string of the molecule is O=C(S[C@]12CC[C@H](O)[C@H]1C(=O)NC2=O)c1ccccc1Cl.